The molecule has 1 aromatic heterocycles. The smallest absolute Gasteiger partial charge is 0.336 e. The van der Waals surface area contributed by atoms with E-state index in [1.54, 1.807) is 6.26 Å². The number of Topliss-reactive ketones (excluding diaryl/α,β-unsaturated/α-hetero) is 1. The standard InChI is InChI=1S/C23H21NO6/c1-12-20(23(26)27-2)21(13-5-6-18-19(10-13)30-11-29-18)22-15(24-12)8-14(9-16(22)25)17-4-3-7-28-17/h3-7,10,14,21,24H,8-9,11H2,1-2H3/t14-,21+/m0/s1. The van der Waals surface area contributed by atoms with Gasteiger partial charge in [0.05, 0.1) is 18.9 Å². The van der Waals surface area contributed by atoms with Gasteiger partial charge in [-0.3, -0.25) is 4.79 Å². The van der Waals surface area contributed by atoms with Crippen molar-refractivity contribution in [1.29, 1.82) is 0 Å². The number of nitrogens with one attached hydrogen (secondary N) is 1. The van der Waals surface area contributed by atoms with Crippen LogP contribution in [0.5, 0.6) is 11.5 Å². The number of methoxy groups -OCH3 is 1. The average Bonchev–Trinajstić information content (AvgIpc) is 3.43. The molecule has 0 bridgehead atoms. The minimum atomic E-state index is -0.534. The van der Waals surface area contributed by atoms with Gasteiger partial charge in [0.15, 0.2) is 17.3 Å². The average molecular weight is 407 g/mol. The molecule has 0 fully saturated rings. The Hall–Kier alpha value is -3.48. The molecule has 5 rings (SSSR count). The lowest BCUT2D eigenvalue weighted by molar-refractivity contribution is -0.136. The lowest BCUT2D eigenvalue weighted by atomic mass is 9.72. The quantitative estimate of drug-likeness (QED) is 0.779. The molecule has 30 heavy (non-hydrogen) atoms. The Balaban J connectivity index is 1.62. The number of fused-ring (bicyclic) bond motifs is 1. The van der Waals surface area contributed by atoms with Crippen LogP contribution >= 0.6 is 0 Å². The van der Waals surface area contributed by atoms with E-state index in [0.29, 0.717) is 41.2 Å². The molecule has 1 aromatic carbocycles. The van der Waals surface area contributed by atoms with E-state index >= 15 is 0 Å². The molecule has 7 heteroatoms. The molecule has 0 radical (unpaired) electrons. The minimum absolute atomic E-state index is 0.0123. The molecule has 1 N–H and O–H groups in total. The molecule has 0 unspecified atom stereocenters. The van der Waals surface area contributed by atoms with Gasteiger partial charge >= 0.3 is 5.97 Å². The highest BCUT2D eigenvalue weighted by Gasteiger charge is 2.42. The number of hydrogen-bond donors (Lipinski definition) is 1. The van der Waals surface area contributed by atoms with E-state index in [1.807, 2.05) is 37.3 Å². The molecule has 0 saturated carbocycles. The molecule has 2 aromatic rings. The summed E-state index contributed by atoms with van der Waals surface area (Å²) in [5, 5.41) is 3.30. The van der Waals surface area contributed by atoms with E-state index in [2.05, 4.69) is 5.32 Å². The molecule has 0 amide bonds. The number of allylic oxidation sites excluding steroid dienone is 3. The number of ether oxygens (including phenoxy) is 3. The predicted molar refractivity (Wildman–Crippen MR) is 106 cm³/mol. The molecule has 1 aliphatic carbocycles. The summed E-state index contributed by atoms with van der Waals surface area (Å²) in [6.45, 7) is 1.98. The largest absolute Gasteiger partial charge is 0.469 e. The Morgan fingerprint density at radius 3 is 2.77 bits per heavy atom. The number of dihydropyridines is 1. The lowest BCUT2D eigenvalue weighted by Gasteiger charge is -2.36. The second-order valence-corrected chi connectivity index (χ2v) is 7.64. The summed E-state index contributed by atoms with van der Waals surface area (Å²) in [6.07, 6.45) is 2.57. The first-order chi connectivity index (χ1) is 14.6. The summed E-state index contributed by atoms with van der Waals surface area (Å²) in [7, 11) is 1.35. The van der Waals surface area contributed by atoms with Gasteiger partial charge in [-0.1, -0.05) is 6.07 Å². The molecule has 3 heterocycles. The second kappa shape index (κ2) is 7.09. The van der Waals surface area contributed by atoms with Crippen LogP contribution in [-0.2, 0) is 14.3 Å². The zero-order valence-corrected chi connectivity index (χ0v) is 16.7. The van der Waals surface area contributed by atoms with Crippen LogP contribution in [0, 0.1) is 0 Å². The van der Waals surface area contributed by atoms with Crippen LogP contribution in [0.15, 0.2) is 63.6 Å². The maximum atomic E-state index is 13.3. The highest BCUT2D eigenvalue weighted by molar-refractivity contribution is 6.04. The van der Waals surface area contributed by atoms with E-state index in [9.17, 15) is 9.59 Å². The van der Waals surface area contributed by atoms with Crippen LogP contribution in [0.1, 0.15) is 42.9 Å². The normalized spacial score (nSPS) is 22.7. The fourth-order valence-corrected chi connectivity index (χ4v) is 4.57. The van der Waals surface area contributed by atoms with Gasteiger partial charge < -0.3 is 23.9 Å². The maximum Gasteiger partial charge on any atom is 0.336 e. The first kappa shape index (κ1) is 18.5. The van der Waals surface area contributed by atoms with Crippen molar-refractivity contribution in [2.24, 2.45) is 0 Å². The monoisotopic (exact) mass is 407 g/mol. The first-order valence-corrected chi connectivity index (χ1v) is 9.82. The van der Waals surface area contributed by atoms with Crippen molar-refractivity contribution in [3.05, 3.63) is 70.5 Å². The number of carbonyl (C=O) groups excluding carboxylic acids is 2. The fourth-order valence-electron chi connectivity index (χ4n) is 4.57. The fraction of sp³-hybridized carbons (Fsp3) is 0.304. The number of ketones is 1. The van der Waals surface area contributed by atoms with E-state index in [4.69, 9.17) is 18.6 Å². The summed E-state index contributed by atoms with van der Waals surface area (Å²) < 4.78 is 21.5. The van der Waals surface area contributed by atoms with Crippen LogP contribution in [0.25, 0.3) is 0 Å². The Kier molecular flexibility index (Phi) is 4.38. The number of rotatable bonds is 3. The summed E-state index contributed by atoms with van der Waals surface area (Å²) in [5.74, 6) is 0.993. The van der Waals surface area contributed by atoms with Crippen LogP contribution in [0.4, 0.5) is 0 Å². The zero-order valence-electron chi connectivity index (χ0n) is 16.7. The van der Waals surface area contributed by atoms with Gasteiger partial charge in [-0.25, -0.2) is 4.79 Å². The number of esters is 1. The van der Waals surface area contributed by atoms with Crippen LogP contribution < -0.4 is 14.8 Å². The molecule has 0 saturated heterocycles. The van der Waals surface area contributed by atoms with E-state index in [1.165, 1.54) is 7.11 Å². The highest BCUT2D eigenvalue weighted by Crippen LogP contribution is 2.47. The Labute approximate surface area is 173 Å². The van der Waals surface area contributed by atoms with Crippen molar-refractivity contribution in [3.8, 4) is 11.5 Å². The highest BCUT2D eigenvalue weighted by atomic mass is 16.7. The van der Waals surface area contributed by atoms with Crippen LogP contribution in [0.3, 0.4) is 0 Å². The Morgan fingerprint density at radius 2 is 2.00 bits per heavy atom. The third-order valence-electron chi connectivity index (χ3n) is 5.91. The SMILES string of the molecule is COC(=O)C1=C(C)NC2=C(C(=O)C[C@@H](c3ccco3)C2)[C@@H]1c1ccc2c(c1)OCO2. The van der Waals surface area contributed by atoms with Crippen LogP contribution in [0.2, 0.25) is 0 Å². The van der Waals surface area contributed by atoms with Crippen molar-refractivity contribution >= 4 is 11.8 Å². The van der Waals surface area contributed by atoms with Crippen molar-refractivity contribution in [1.82, 2.24) is 5.32 Å². The molecular formula is C23H21NO6. The van der Waals surface area contributed by atoms with Crippen molar-refractivity contribution in [2.45, 2.75) is 31.6 Å². The van der Waals surface area contributed by atoms with E-state index in [-0.39, 0.29) is 18.5 Å². The topological polar surface area (TPSA) is 87.0 Å². The third kappa shape index (κ3) is 2.89. The van der Waals surface area contributed by atoms with Gasteiger partial charge in [0.1, 0.15) is 5.76 Å². The van der Waals surface area contributed by atoms with E-state index < -0.39 is 11.9 Å². The Morgan fingerprint density at radius 1 is 1.17 bits per heavy atom. The molecule has 3 aliphatic rings. The summed E-state index contributed by atoms with van der Waals surface area (Å²) in [6, 6.07) is 9.24. The molecular weight excluding hydrogens is 386 g/mol. The van der Waals surface area contributed by atoms with Crippen LogP contribution in [-0.4, -0.2) is 25.7 Å². The number of furan rings is 1. The van der Waals surface area contributed by atoms with Gasteiger partial charge in [-0.2, -0.15) is 0 Å². The lowest BCUT2D eigenvalue weighted by Crippen LogP contribution is -2.35. The van der Waals surface area contributed by atoms with Gasteiger partial charge in [-0.05, 0) is 43.2 Å². The molecule has 2 atom stereocenters. The number of benzene rings is 1. The first-order valence-electron chi connectivity index (χ1n) is 9.82. The predicted octanol–water partition coefficient (Wildman–Crippen LogP) is 3.54. The second-order valence-electron chi connectivity index (χ2n) is 7.64. The van der Waals surface area contributed by atoms with Crippen molar-refractivity contribution in [2.75, 3.05) is 13.9 Å². The van der Waals surface area contributed by atoms with E-state index in [0.717, 1.165) is 17.0 Å². The molecule has 7 nitrogen and oxygen atoms in total. The van der Waals surface area contributed by atoms with Gasteiger partial charge in [0.25, 0.3) is 0 Å². The molecule has 154 valence electrons. The van der Waals surface area contributed by atoms with Gasteiger partial charge in [0.2, 0.25) is 6.79 Å². The summed E-state index contributed by atoms with van der Waals surface area (Å²) in [4.78, 5) is 26.0. The van der Waals surface area contributed by atoms with Gasteiger partial charge in [-0.15, -0.1) is 0 Å². The third-order valence-corrected chi connectivity index (χ3v) is 5.91. The van der Waals surface area contributed by atoms with Crippen molar-refractivity contribution in [3.63, 3.8) is 0 Å². The summed E-state index contributed by atoms with van der Waals surface area (Å²) >= 11 is 0. The van der Waals surface area contributed by atoms with Crippen molar-refractivity contribution < 1.29 is 28.2 Å². The summed E-state index contributed by atoms with van der Waals surface area (Å²) in [5.41, 5.74) is 3.32. The number of hydrogen-bond acceptors (Lipinski definition) is 7. The minimum Gasteiger partial charge on any atom is -0.469 e. The Bertz CT molecular complexity index is 1090. The van der Waals surface area contributed by atoms with Gasteiger partial charge in [0, 0.05) is 35.2 Å². The maximum absolute atomic E-state index is 13.3. The zero-order chi connectivity index (χ0) is 20.8. The molecule has 0 spiro atoms. The molecule has 2 aliphatic heterocycles. The number of carbonyl (C=O) groups is 2.